The third-order valence-electron chi connectivity index (χ3n) is 3.48. The Labute approximate surface area is 141 Å². The van der Waals surface area contributed by atoms with Gasteiger partial charge in [-0.1, -0.05) is 26.0 Å². The number of nitrogens with one attached hydrogen (secondary N) is 2. The van der Waals surface area contributed by atoms with Crippen molar-refractivity contribution >= 4 is 17.5 Å². The largest absolute Gasteiger partial charge is 0.348 e. The van der Waals surface area contributed by atoms with Gasteiger partial charge in [-0.15, -0.1) is 0 Å². The summed E-state index contributed by atoms with van der Waals surface area (Å²) in [6, 6.07) is 15.8. The Morgan fingerprint density at radius 3 is 2.21 bits per heavy atom. The van der Waals surface area contributed by atoms with E-state index in [1.54, 1.807) is 24.3 Å². The highest BCUT2D eigenvalue weighted by molar-refractivity contribution is 5.94. The first kappa shape index (κ1) is 17.2. The molecule has 2 aromatic carbocycles. The molecule has 5 nitrogen and oxygen atoms in total. The number of anilines is 1. The van der Waals surface area contributed by atoms with E-state index in [2.05, 4.69) is 10.6 Å². The van der Waals surface area contributed by atoms with Crippen molar-refractivity contribution in [3.05, 3.63) is 65.2 Å². The normalized spacial score (nSPS) is 10.1. The zero-order valence-electron chi connectivity index (χ0n) is 13.7. The van der Waals surface area contributed by atoms with Crippen LogP contribution in [-0.4, -0.2) is 11.8 Å². The van der Waals surface area contributed by atoms with Gasteiger partial charge in [-0.05, 0) is 42.0 Å². The predicted molar refractivity (Wildman–Crippen MR) is 92.2 cm³/mol. The Balaban J connectivity index is 1.90. The minimum atomic E-state index is -0.198. The Morgan fingerprint density at radius 1 is 1.04 bits per heavy atom. The van der Waals surface area contributed by atoms with Crippen molar-refractivity contribution in [2.45, 2.75) is 20.4 Å². The monoisotopic (exact) mass is 321 g/mol. The molecule has 24 heavy (non-hydrogen) atoms. The minimum Gasteiger partial charge on any atom is -0.348 e. The Hall–Kier alpha value is -3.13. The number of hydrogen-bond donors (Lipinski definition) is 2. The maximum atomic E-state index is 12.1. The molecule has 2 N–H and O–H groups in total. The number of rotatable bonds is 5. The number of benzene rings is 2. The van der Waals surface area contributed by atoms with Crippen LogP contribution in [0.4, 0.5) is 5.69 Å². The second-order valence-corrected chi connectivity index (χ2v) is 5.71. The van der Waals surface area contributed by atoms with E-state index < -0.39 is 0 Å². The van der Waals surface area contributed by atoms with Gasteiger partial charge in [-0.3, -0.25) is 9.59 Å². The fraction of sp³-hybridized carbons (Fsp3) is 0.211. The van der Waals surface area contributed by atoms with Gasteiger partial charge in [0, 0.05) is 23.7 Å². The molecular weight excluding hydrogens is 302 g/mol. The molecule has 0 bridgehead atoms. The third-order valence-corrected chi connectivity index (χ3v) is 3.48. The average Bonchev–Trinajstić information content (AvgIpc) is 2.60. The van der Waals surface area contributed by atoms with Crippen LogP contribution in [0.5, 0.6) is 0 Å². The maximum absolute atomic E-state index is 12.1. The third kappa shape index (κ3) is 4.68. The van der Waals surface area contributed by atoms with E-state index in [1.165, 1.54) is 0 Å². The van der Waals surface area contributed by atoms with Crippen LogP contribution in [0, 0.1) is 17.2 Å². The number of carbonyl (C=O) groups is 2. The fourth-order valence-corrected chi connectivity index (χ4v) is 1.97. The maximum Gasteiger partial charge on any atom is 0.251 e. The van der Waals surface area contributed by atoms with Crippen molar-refractivity contribution in [1.82, 2.24) is 5.32 Å². The molecule has 0 heterocycles. The summed E-state index contributed by atoms with van der Waals surface area (Å²) in [5.41, 5.74) is 2.69. The molecule has 0 atom stereocenters. The molecule has 0 fully saturated rings. The van der Waals surface area contributed by atoms with Crippen LogP contribution in [0.15, 0.2) is 48.5 Å². The van der Waals surface area contributed by atoms with Crippen LogP contribution in [0.2, 0.25) is 0 Å². The molecule has 0 unspecified atom stereocenters. The van der Waals surface area contributed by atoms with E-state index in [-0.39, 0.29) is 17.7 Å². The molecule has 0 saturated carbocycles. The van der Waals surface area contributed by atoms with Gasteiger partial charge in [0.25, 0.3) is 5.91 Å². The van der Waals surface area contributed by atoms with Crippen molar-refractivity contribution in [2.75, 3.05) is 5.32 Å². The van der Waals surface area contributed by atoms with E-state index in [1.807, 2.05) is 44.2 Å². The topological polar surface area (TPSA) is 82.0 Å². The zero-order chi connectivity index (χ0) is 17.5. The van der Waals surface area contributed by atoms with E-state index in [4.69, 9.17) is 5.26 Å². The lowest BCUT2D eigenvalue weighted by molar-refractivity contribution is -0.118. The standard InChI is InChI=1S/C19H19N3O2/c1-13(2)18(23)22-17-9-5-15(6-10-17)12-21-19(24)16-7-3-14(11-20)4-8-16/h3-10,13H,12H2,1-2H3,(H,21,24)(H,22,23). The summed E-state index contributed by atoms with van der Waals surface area (Å²) < 4.78 is 0. The quantitative estimate of drug-likeness (QED) is 0.888. The van der Waals surface area contributed by atoms with Gasteiger partial charge < -0.3 is 10.6 Å². The summed E-state index contributed by atoms with van der Waals surface area (Å²) in [6.07, 6.45) is 0. The smallest absolute Gasteiger partial charge is 0.251 e. The predicted octanol–water partition coefficient (Wildman–Crippen LogP) is 3.08. The van der Waals surface area contributed by atoms with Gasteiger partial charge >= 0.3 is 0 Å². The molecule has 2 rings (SSSR count). The van der Waals surface area contributed by atoms with E-state index >= 15 is 0 Å². The molecule has 122 valence electrons. The summed E-state index contributed by atoms with van der Waals surface area (Å²) in [5.74, 6) is -0.301. The highest BCUT2D eigenvalue weighted by atomic mass is 16.2. The SMILES string of the molecule is CC(C)C(=O)Nc1ccc(CNC(=O)c2ccc(C#N)cc2)cc1. The van der Waals surface area contributed by atoms with Crippen LogP contribution in [0.25, 0.3) is 0 Å². The molecule has 0 aliphatic rings. The van der Waals surface area contributed by atoms with Crippen LogP contribution in [0.3, 0.4) is 0 Å². The molecule has 0 spiro atoms. The number of amides is 2. The Kier molecular flexibility index (Phi) is 5.69. The lowest BCUT2D eigenvalue weighted by Crippen LogP contribution is -2.22. The lowest BCUT2D eigenvalue weighted by Gasteiger charge is -2.09. The summed E-state index contributed by atoms with van der Waals surface area (Å²) in [6.45, 7) is 4.06. The van der Waals surface area contributed by atoms with Crippen molar-refractivity contribution < 1.29 is 9.59 Å². The summed E-state index contributed by atoms with van der Waals surface area (Å²) in [4.78, 5) is 23.7. The van der Waals surface area contributed by atoms with Crippen molar-refractivity contribution in [1.29, 1.82) is 5.26 Å². The molecule has 0 aliphatic heterocycles. The zero-order valence-corrected chi connectivity index (χ0v) is 13.7. The van der Waals surface area contributed by atoms with Crippen molar-refractivity contribution in [2.24, 2.45) is 5.92 Å². The van der Waals surface area contributed by atoms with Crippen LogP contribution in [0.1, 0.15) is 35.3 Å². The number of carbonyl (C=O) groups excluding carboxylic acids is 2. The lowest BCUT2D eigenvalue weighted by atomic mass is 10.1. The molecular formula is C19H19N3O2. The minimum absolute atomic E-state index is 0.0307. The van der Waals surface area contributed by atoms with Gasteiger partial charge in [-0.2, -0.15) is 5.26 Å². The molecule has 0 radical (unpaired) electrons. The fourth-order valence-electron chi connectivity index (χ4n) is 1.97. The van der Waals surface area contributed by atoms with Gasteiger partial charge in [-0.25, -0.2) is 0 Å². The molecule has 5 heteroatoms. The highest BCUT2D eigenvalue weighted by Gasteiger charge is 2.08. The van der Waals surface area contributed by atoms with E-state index in [9.17, 15) is 9.59 Å². The van der Waals surface area contributed by atoms with Gasteiger partial charge in [0.2, 0.25) is 5.91 Å². The second-order valence-electron chi connectivity index (χ2n) is 5.71. The highest BCUT2D eigenvalue weighted by Crippen LogP contribution is 2.11. The molecule has 2 aromatic rings. The summed E-state index contributed by atoms with van der Waals surface area (Å²) in [7, 11) is 0. The van der Waals surface area contributed by atoms with Gasteiger partial charge in [0.05, 0.1) is 11.6 Å². The second kappa shape index (κ2) is 7.93. The number of nitriles is 1. The first-order valence-corrected chi connectivity index (χ1v) is 7.68. The van der Waals surface area contributed by atoms with Crippen molar-refractivity contribution in [3.63, 3.8) is 0 Å². The van der Waals surface area contributed by atoms with Crippen LogP contribution in [-0.2, 0) is 11.3 Å². The number of nitrogens with zero attached hydrogens (tertiary/aromatic N) is 1. The first-order chi connectivity index (χ1) is 11.5. The molecule has 0 aliphatic carbocycles. The van der Waals surface area contributed by atoms with E-state index in [0.29, 0.717) is 17.7 Å². The number of hydrogen-bond acceptors (Lipinski definition) is 3. The van der Waals surface area contributed by atoms with Gasteiger partial charge in [0.15, 0.2) is 0 Å². The van der Waals surface area contributed by atoms with E-state index in [0.717, 1.165) is 11.3 Å². The van der Waals surface area contributed by atoms with Crippen LogP contribution < -0.4 is 10.6 Å². The van der Waals surface area contributed by atoms with Gasteiger partial charge in [0.1, 0.15) is 0 Å². The first-order valence-electron chi connectivity index (χ1n) is 7.68. The Morgan fingerprint density at radius 2 is 1.67 bits per heavy atom. The summed E-state index contributed by atoms with van der Waals surface area (Å²) >= 11 is 0. The summed E-state index contributed by atoms with van der Waals surface area (Å²) in [5, 5.41) is 14.4. The molecule has 0 saturated heterocycles. The van der Waals surface area contributed by atoms with Crippen LogP contribution >= 0.6 is 0 Å². The molecule has 0 aromatic heterocycles. The Bertz CT molecular complexity index is 757. The van der Waals surface area contributed by atoms with Crippen molar-refractivity contribution in [3.8, 4) is 6.07 Å². The molecule has 2 amide bonds. The average molecular weight is 321 g/mol.